The molecule has 0 saturated carbocycles. The highest BCUT2D eigenvalue weighted by molar-refractivity contribution is 9.11. The second kappa shape index (κ2) is 8.10. The van der Waals surface area contributed by atoms with Gasteiger partial charge in [0.1, 0.15) is 5.75 Å². The van der Waals surface area contributed by atoms with Gasteiger partial charge < -0.3 is 4.74 Å². The molecule has 2 aromatic rings. The van der Waals surface area contributed by atoms with Crippen LogP contribution in [0, 0.1) is 0 Å². The second-order valence-electron chi connectivity index (χ2n) is 4.95. The first-order valence-electron chi connectivity index (χ1n) is 6.84. The summed E-state index contributed by atoms with van der Waals surface area (Å²) in [5.74, 6) is 0.856. The molecule has 0 fully saturated rings. The Balaban J connectivity index is 1.76. The number of benzene rings is 1. The van der Waals surface area contributed by atoms with E-state index in [0.29, 0.717) is 11.7 Å². The van der Waals surface area contributed by atoms with Crippen LogP contribution in [0.2, 0.25) is 0 Å². The molecule has 1 amide bonds. The topological polar surface area (TPSA) is 50.7 Å². The van der Waals surface area contributed by atoms with Gasteiger partial charge in [0.2, 0.25) is 0 Å². The number of thiophene rings is 1. The predicted octanol–water partition coefficient (Wildman–Crippen LogP) is 4.16. The molecule has 116 valence electrons. The molecular formula is C16H17BrN2O2S. The summed E-state index contributed by atoms with van der Waals surface area (Å²) in [7, 11) is 0. The van der Waals surface area contributed by atoms with Crippen LogP contribution < -0.4 is 10.2 Å². The summed E-state index contributed by atoms with van der Waals surface area (Å²) in [5.41, 5.74) is 3.68. The van der Waals surface area contributed by atoms with Crippen molar-refractivity contribution >= 4 is 39.4 Å². The lowest BCUT2D eigenvalue weighted by molar-refractivity contribution is -0.123. The van der Waals surface area contributed by atoms with Crippen molar-refractivity contribution in [1.82, 2.24) is 5.43 Å². The smallest absolute Gasteiger partial charge is 0.277 e. The number of nitrogens with one attached hydrogen (secondary N) is 1. The number of carbonyl (C=O) groups is 1. The van der Waals surface area contributed by atoms with E-state index in [9.17, 15) is 4.79 Å². The van der Waals surface area contributed by atoms with Crippen LogP contribution in [0.5, 0.6) is 5.75 Å². The van der Waals surface area contributed by atoms with Gasteiger partial charge in [-0.05, 0) is 51.7 Å². The number of hydrogen-bond donors (Lipinski definition) is 1. The zero-order chi connectivity index (χ0) is 15.9. The van der Waals surface area contributed by atoms with Crippen LogP contribution in [-0.2, 0) is 4.79 Å². The van der Waals surface area contributed by atoms with E-state index in [0.717, 1.165) is 8.66 Å². The average Bonchev–Trinajstić information content (AvgIpc) is 2.91. The first kappa shape index (κ1) is 16.7. The van der Waals surface area contributed by atoms with Crippen molar-refractivity contribution in [3.8, 4) is 5.75 Å². The van der Waals surface area contributed by atoms with E-state index in [1.165, 1.54) is 16.9 Å². The lowest BCUT2D eigenvalue weighted by Crippen LogP contribution is -2.24. The van der Waals surface area contributed by atoms with Gasteiger partial charge in [-0.15, -0.1) is 11.3 Å². The molecule has 0 spiro atoms. The van der Waals surface area contributed by atoms with Crippen LogP contribution >= 0.6 is 27.3 Å². The number of nitrogens with zero attached hydrogens (tertiary/aromatic N) is 1. The molecule has 22 heavy (non-hydrogen) atoms. The maximum Gasteiger partial charge on any atom is 0.277 e. The summed E-state index contributed by atoms with van der Waals surface area (Å²) in [6.45, 7) is 4.20. The molecule has 0 aliphatic carbocycles. The van der Waals surface area contributed by atoms with Crippen LogP contribution in [0.4, 0.5) is 0 Å². The number of ether oxygens (including phenoxy) is 1. The summed E-state index contributed by atoms with van der Waals surface area (Å²) in [5, 5.41) is 3.89. The predicted molar refractivity (Wildman–Crippen MR) is 93.8 cm³/mol. The van der Waals surface area contributed by atoms with Gasteiger partial charge in [0, 0.05) is 4.88 Å². The fraction of sp³-hybridized carbons (Fsp3) is 0.250. The Morgan fingerprint density at radius 2 is 2.05 bits per heavy atom. The Hall–Kier alpha value is -1.66. The molecule has 0 aliphatic heterocycles. The van der Waals surface area contributed by atoms with Gasteiger partial charge in [-0.1, -0.05) is 26.0 Å². The lowest BCUT2D eigenvalue weighted by Gasteiger charge is -2.08. The van der Waals surface area contributed by atoms with Gasteiger partial charge in [0.15, 0.2) is 6.61 Å². The highest BCUT2D eigenvalue weighted by Gasteiger charge is 2.03. The Morgan fingerprint density at radius 3 is 2.64 bits per heavy atom. The summed E-state index contributed by atoms with van der Waals surface area (Å²) in [6, 6.07) is 11.6. The maximum absolute atomic E-state index is 11.6. The van der Waals surface area contributed by atoms with E-state index in [1.54, 1.807) is 6.21 Å². The quantitative estimate of drug-likeness (QED) is 0.603. The summed E-state index contributed by atoms with van der Waals surface area (Å²) in [6.07, 6.45) is 1.60. The SMILES string of the molecule is CC(C)c1ccc(OCC(=O)N/N=C\c2ccc(Br)s2)cc1. The molecule has 1 heterocycles. The zero-order valence-electron chi connectivity index (χ0n) is 12.4. The normalized spacial score (nSPS) is 11.1. The summed E-state index contributed by atoms with van der Waals surface area (Å²) >= 11 is 4.91. The van der Waals surface area contributed by atoms with Gasteiger partial charge >= 0.3 is 0 Å². The van der Waals surface area contributed by atoms with Crippen molar-refractivity contribution in [1.29, 1.82) is 0 Å². The summed E-state index contributed by atoms with van der Waals surface area (Å²) in [4.78, 5) is 12.6. The molecule has 6 heteroatoms. The van der Waals surface area contributed by atoms with E-state index < -0.39 is 0 Å². The van der Waals surface area contributed by atoms with Gasteiger partial charge in [0.05, 0.1) is 10.0 Å². The highest BCUT2D eigenvalue weighted by Crippen LogP contribution is 2.20. The molecule has 4 nitrogen and oxygen atoms in total. The number of hydrazone groups is 1. The maximum atomic E-state index is 11.6. The molecule has 0 radical (unpaired) electrons. The van der Waals surface area contributed by atoms with Gasteiger partial charge in [-0.25, -0.2) is 5.43 Å². The minimum Gasteiger partial charge on any atom is -0.484 e. The van der Waals surface area contributed by atoms with Crippen LogP contribution in [-0.4, -0.2) is 18.7 Å². The van der Waals surface area contributed by atoms with Gasteiger partial charge in [-0.2, -0.15) is 5.10 Å². The Morgan fingerprint density at radius 1 is 1.32 bits per heavy atom. The third-order valence-electron chi connectivity index (χ3n) is 2.89. The molecule has 0 aliphatic rings. The molecule has 0 saturated heterocycles. The van der Waals surface area contributed by atoms with Gasteiger partial charge in [0.25, 0.3) is 5.91 Å². The third kappa shape index (κ3) is 5.27. The van der Waals surface area contributed by atoms with Crippen molar-refractivity contribution in [2.75, 3.05) is 6.61 Å². The Bertz CT molecular complexity index is 650. The molecule has 0 bridgehead atoms. The number of halogens is 1. The number of carbonyl (C=O) groups excluding carboxylic acids is 1. The van der Waals surface area contributed by atoms with Crippen molar-refractivity contribution in [3.63, 3.8) is 0 Å². The van der Waals surface area contributed by atoms with E-state index in [-0.39, 0.29) is 12.5 Å². The first-order chi connectivity index (χ1) is 10.5. The second-order valence-corrected chi connectivity index (χ2v) is 7.44. The standard InChI is InChI=1S/C16H17BrN2O2S/c1-11(2)12-3-5-13(6-4-12)21-10-16(20)19-18-9-14-7-8-15(17)22-14/h3-9,11H,10H2,1-2H3,(H,19,20)/b18-9-. The monoisotopic (exact) mass is 380 g/mol. The molecule has 1 N–H and O–H groups in total. The van der Waals surface area contributed by atoms with Crippen LogP contribution in [0.1, 0.15) is 30.2 Å². The van der Waals surface area contributed by atoms with E-state index in [4.69, 9.17) is 4.74 Å². The number of amides is 1. The van der Waals surface area contributed by atoms with Gasteiger partial charge in [-0.3, -0.25) is 4.79 Å². The third-order valence-corrected chi connectivity index (χ3v) is 4.45. The highest BCUT2D eigenvalue weighted by atomic mass is 79.9. The largest absolute Gasteiger partial charge is 0.484 e. The minimum absolute atomic E-state index is 0.0630. The van der Waals surface area contributed by atoms with E-state index in [1.807, 2.05) is 36.4 Å². The van der Waals surface area contributed by atoms with Crippen molar-refractivity contribution in [2.24, 2.45) is 5.10 Å². The Labute approximate surface area is 142 Å². The molecule has 0 unspecified atom stereocenters. The van der Waals surface area contributed by atoms with Crippen LogP contribution in [0.3, 0.4) is 0 Å². The van der Waals surface area contributed by atoms with Crippen LogP contribution in [0.25, 0.3) is 0 Å². The van der Waals surface area contributed by atoms with Crippen molar-refractivity contribution < 1.29 is 9.53 Å². The zero-order valence-corrected chi connectivity index (χ0v) is 14.8. The number of hydrogen-bond acceptors (Lipinski definition) is 4. The van der Waals surface area contributed by atoms with Crippen LogP contribution in [0.15, 0.2) is 45.3 Å². The van der Waals surface area contributed by atoms with Crippen molar-refractivity contribution in [3.05, 3.63) is 50.6 Å². The van der Waals surface area contributed by atoms with E-state index in [2.05, 4.69) is 40.3 Å². The minimum atomic E-state index is -0.292. The Kier molecular flexibility index (Phi) is 6.15. The molecule has 1 aromatic carbocycles. The first-order valence-corrected chi connectivity index (χ1v) is 8.45. The fourth-order valence-electron chi connectivity index (χ4n) is 1.70. The molecular weight excluding hydrogens is 364 g/mol. The lowest BCUT2D eigenvalue weighted by atomic mass is 10.0. The summed E-state index contributed by atoms with van der Waals surface area (Å²) < 4.78 is 6.44. The molecule has 2 rings (SSSR count). The number of rotatable bonds is 6. The average molecular weight is 381 g/mol. The molecule has 0 atom stereocenters. The molecule has 1 aromatic heterocycles. The van der Waals surface area contributed by atoms with Crippen molar-refractivity contribution in [2.45, 2.75) is 19.8 Å². The fourth-order valence-corrected chi connectivity index (χ4v) is 2.99. The van der Waals surface area contributed by atoms with E-state index >= 15 is 0 Å².